The quantitative estimate of drug-likeness (QED) is 0.130. The van der Waals surface area contributed by atoms with E-state index in [-0.39, 0.29) is 31.1 Å². The summed E-state index contributed by atoms with van der Waals surface area (Å²) >= 11 is 4.04. The minimum absolute atomic E-state index is 0.0422. The van der Waals surface area contributed by atoms with E-state index in [2.05, 4.69) is 47.0 Å². The summed E-state index contributed by atoms with van der Waals surface area (Å²) in [6, 6.07) is 0. The van der Waals surface area contributed by atoms with E-state index in [1.54, 1.807) is 4.90 Å². The number of hydrogen-bond acceptors (Lipinski definition) is 16. The number of fused-ring (bicyclic) bond motifs is 2. The van der Waals surface area contributed by atoms with Crippen molar-refractivity contribution in [2.45, 2.75) is 49.8 Å². The van der Waals surface area contributed by atoms with Crippen LogP contribution in [0.1, 0.15) is 19.1 Å². The highest BCUT2D eigenvalue weighted by molar-refractivity contribution is 8.44. The first-order chi connectivity index (χ1) is 20.4. The van der Waals surface area contributed by atoms with Crippen LogP contribution in [0.25, 0.3) is 11.2 Å². The van der Waals surface area contributed by atoms with Crippen LogP contribution in [0.3, 0.4) is 0 Å². The molecule has 3 aromatic rings. The Morgan fingerprint density at radius 1 is 1.02 bits per heavy atom. The van der Waals surface area contributed by atoms with Gasteiger partial charge in [-0.1, -0.05) is 12.2 Å². The number of alkyl halides is 1. The predicted octanol–water partition coefficient (Wildman–Crippen LogP) is 0.960. The molecule has 0 radical (unpaired) electrons. The summed E-state index contributed by atoms with van der Waals surface area (Å²) in [6.45, 7) is -5.06. The zero-order valence-electron chi connectivity index (χ0n) is 22.0. The molecule has 2 fully saturated rings. The van der Waals surface area contributed by atoms with Gasteiger partial charge in [0, 0.05) is 12.8 Å². The molecule has 6 heterocycles. The van der Waals surface area contributed by atoms with Crippen molar-refractivity contribution >= 4 is 61.2 Å². The normalized spacial score (nSPS) is 28.7. The highest BCUT2D eigenvalue weighted by atomic mass is 32.7. The van der Waals surface area contributed by atoms with Crippen LogP contribution in [-0.2, 0) is 32.2 Å². The fourth-order valence-electron chi connectivity index (χ4n) is 5.04. The third-order valence-electron chi connectivity index (χ3n) is 7.02. The number of aromatic nitrogens is 6. The average Bonchev–Trinajstić information content (AvgIpc) is 3.71. The number of phosphoric ester groups is 1. The van der Waals surface area contributed by atoms with Gasteiger partial charge < -0.3 is 40.9 Å². The Kier molecular flexibility index (Phi) is 8.22. The number of nitrogen functional groups attached to an aromatic ring is 2. The molecule has 3 aromatic heterocycles. The molecule has 234 valence electrons. The van der Waals surface area contributed by atoms with Gasteiger partial charge >= 0.3 is 14.6 Å². The van der Waals surface area contributed by atoms with E-state index < -0.39 is 64.8 Å². The summed E-state index contributed by atoms with van der Waals surface area (Å²) in [5.41, 5.74) is 12.9. The maximum atomic E-state index is 14.9. The Labute approximate surface area is 247 Å². The van der Waals surface area contributed by atoms with Crippen molar-refractivity contribution in [3.63, 3.8) is 0 Å². The molecule has 0 aromatic carbocycles. The number of phosphoric acid groups is 1. The van der Waals surface area contributed by atoms with Crippen molar-refractivity contribution < 1.29 is 46.4 Å². The zero-order chi connectivity index (χ0) is 30.5. The number of hydrogen-bond donors (Lipinski definition) is 6. The van der Waals surface area contributed by atoms with Gasteiger partial charge in [0.15, 0.2) is 23.1 Å². The third kappa shape index (κ3) is 6.41. The number of anilines is 4. The summed E-state index contributed by atoms with van der Waals surface area (Å²) in [5, 5.41) is 3.05. The number of nitrogens with two attached hydrogens (primary N) is 2. The molecule has 19 nitrogen and oxygen atoms in total. The van der Waals surface area contributed by atoms with Gasteiger partial charge in [-0.25, -0.2) is 38.4 Å². The van der Waals surface area contributed by atoms with E-state index in [1.165, 1.54) is 23.5 Å². The molecule has 43 heavy (non-hydrogen) atoms. The van der Waals surface area contributed by atoms with E-state index in [4.69, 9.17) is 30.0 Å². The molecule has 7 atom stereocenters. The maximum absolute atomic E-state index is 14.9. The molecule has 0 saturated carbocycles. The molecule has 6 rings (SSSR count). The number of imidazole rings is 1. The zero-order valence-corrected chi connectivity index (χ0v) is 24.7. The van der Waals surface area contributed by atoms with Crippen LogP contribution >= 0.6 is 26.9 Å². The second-order valence-corrected chi connectivity index (χ2v) is 13.9. The third-order valence-corrected chi connectivity index (χ3v) is 9.15. The second-order valence-electron chi connectivity index (χ2n) is 9.79. The molecule has 6 unspecified atom stereocenters. The number of nitrogens with one attached hydrogen (secondary N) is 1. The lowest BCUT2D eigenvalue weighted by atomic mass is 10.2. The predicted molar refractivity (Wildman–Crippen MR) is 149 cm³/mol. The molecule has 0 aliphatic carbocycles. The Hall–Kier alpha value is -2.71. The van der Waals surface area contributed by atoms with Crippen LogP contribution in [0.4, 0.5) is 27.5 Å². The van der Waals surface area contributed by atoms with Crippen LogP contribution in [0, 0.1) is 0 Å². The Morgan fingerprint density at radius 2 is 1.74 bits per heavy atom. The molecule has 0 amide bonds. The van der Waals surface area contributed by atoms with Gasteiger partial charge in [-0.05, 0) is 0 Å². The summed E-state index contributed by atoms with van der Waals surface area (Å²) in [5.74, 6) is 0.811. The molecule has 2 saturated heterocycles. The van der Waals surface area contributed by atoms with Crippen LogP contribution in [0.5, 0.6) is 0 Å². The summed E-state index contributed by atoms with van der Waals surface area (Å²) in [4.78, 5) is 40.4. The van der Waals surface area contributed by atoms with E-state index in [0.29, 0.717) is 22.7 Å². The average molecular weight is 665 g/mol. The summed E-state index contributed by atoms with van der Waals surface area (Å²) in [7, 11) is -4.88. The fraction of sp³-hybridized carbons (Fsp3) is 0.550. The van der Waals surface area contributed by atoms with E-state index >= 15 is 0 Å². The van der Waals surface area contributed by atoms with Crippen LogP contribution < -0.4 is 21.7 Å². The molecule has 0 bridgehead atoms. The lowest BCUT2D eigenvalue weighted by molar-refractivity contribution is -0.0349. The topological polar surface area (TPSA) is 257 Å². The fourth-order valence-corrected chi connectivity index (χ4v) is 6.90. The molecule has 3 aliphatic rings. The van der Waals surface area contributed by atoms with Crippen LogP contribution in [0.2, 0.25) is 0 Å². The number of thiol groups is 1. The lowest BCUT2D eigenvalue weighted by Gasteiger charge is -2.24. The number of nitrogens with zero attached hydrogens (tertiary/aromatic N) is 7. The smallest absolute Gasteiger partial charge is 0.382 e. The van der Waals surface area contributed by atoms with Gasteiger partial charge in [0.2, 0.25) is 0 Å². The van der Waals surface area contributed by atoms with Gasteiger partial charge in [-0.3, -0.25) is 18.1 Å². The first-order valence-electron chi connectivity index (χ1n) is 12.7. The first-order valence-corrected chi connectivity index (χ1v) is 17.0. The van der Waals surface area contributed by atoms with Gasteiger partial charge in [-0.2, -0.15) is 0 Å². The van der Waals surface area contributed by atoms with Crippen molar-refractivity contribution in [3.8, 4) is 0 Å². The van der Waals surface area contributed by atoms with E-state index in [1.807, 2.05) is 0 Å². The number of ether oxygens (including phenoxy) is 2. The largest absolute Gasteiger partial charge is 0.469 e. The Bertz CT molecular complexity index is 1600. The second kappa shape index (κ2) is 11.7. The van der Waals surface area contributed by atoms with Crippen LogP contribution in [0.15, 0.2) is 19.0 Å². The van der Waals surface area contributed by atoms with Crippen molar-refractivity contribution in [2.75, 3.05) is 41.6 Å². The monoisotopic (exact) mass is 664 g/mol. The lowest BCUT2D eigenvalue weighted by Crippen LogP contribution is -2.36. The minimum atomic E-state index is -4.88. The van der Waals surface area contributed by atoms with Gasteiger partial charge in [0.05, 0.1) is 26.2 Å². The SMILES string of the molecule is Nc1ncnc2c1NCN2C1C[C@H](OP(=O)(S)OCC2OC(n3cnc4c(N)ncnc43)CC2F)C(COP(=O)(O)O)O1. The van der Waals surface area contributed by atoms with Crippen molar-refractivity contribution in [1.29, 1.82) is 0 Å². The molecule has 0 spiro atoms. The Balaban J connectivity index is 1.11. The first kappa shape index (κ1) is 30.3. The van der Waals surface area contributed by atoms with E-state index in [9.17, 15) is 23.3 Å². The van der Waals surface area contributed by atoms with E-state index in [0.717, 1.165) is 0 Å². The highest BCUT2D eigenvalue weighted by Crippen LogP contribution is 2.56. The number of rotatable bonds is 10. The molecule has 3 aliphatic heterocycles. The van der Waals surface area contributed by atoms with Crippen molar-refractivity contribution in [3.05, 3.63) is 19.0 Å². The highest BCUT2D eigenvalue weighted by Gasteiger charge is 2.46. The number of halogens is 1. The van der Waals surface area contributed by atoms with Gasteiger partial charge in [-0.15, -0.1) is 0 Å². The molecular formula is C20H27FN10O9P2S. The molecular weight excluding hydrogens is 637 g/mol. The molecule has 7 N–H and O–H groups in total. The Morgan fingerprint density at radius 3 is 2.53 bits per heavy atom. The van der Waals surface area contributed by atoms with Gasteiger partial charge in [0.1, 0.15) is 60.8 Å². The molecule has 23 heteroatoms. The standard InChI is InChI=1S/C20H27FN10O9P2S/c21-9-1-13(30-7-28-15-17(22)24-5-26-19(15)30)38-11(9)3-37-42(35,43)40-10-2-14(39-12(10)4-36-41(32,33)34)31-8-29-16-18(23)25-6-27-20(16)31/h5-7,9-14,29H,1-4,8H2,(H,35,43)(H2,22,24,26)(H2,23,25,27)(H2,32,33,34)/t9?,10-,11?,12?,13?,14?,42?/m0/s1. The minimum Gasteiger partial charge on any atom is -0.382 e. The summed E-state index contributed by atoms with van der Waals surface area (Å²) in [6.07, 6.45) is -2.45. The van der Waals surface area contributed by atoms with Crippen molar-refractivity contribution in [1.82, 2.24) is 29.5 Å². The van der Waals surface area contributed by atoms with Crippen molar-refractivity contribution in [2.24, 2.45) is 0 Å². The van der Waals surface area contributed by atoms with Gasteiger partial charge in [0.25, 0.3) is 0 Å². The maximum Gasteiger partial charge on any atom is 0.469 e. The van der Waals surface area contributed by atoms with Crippen LogP contribution in [-0.4, -0.2) is 89.9 Å². The summed E-state index contributed by atoms with van der Waals surface area (Å²) < 4.78 is 68.5.